The van der Waals surface area contributed by atoms with Gasteiger partial charge in [0.2, 0.25) is 0 Å². The van der Waals surface area contributed by atoms with E-state index in [-0.39, 0.29) is 0 Å². The molecule has 0 aromatic rings. The van der Waals surface area contributed by atoms with Crippen molar-refractivity contribution in [1.82, 2.24) is 10.2 Å². The van der Waals surface area contributed by atoms with E-state index in [4.69, 9.17) is 0 Å². The summed E-state index contributed by atoms with van der Waals surface area (Å²) in [5.41, 5.74) is 0.647. The SMILES string of the molecule is CCC1(CC)CCN(CCCC(C)NC)C1. The fraction of sp³-hybridized carbons (Fsp3) is 1.00. The smallest absolute Gasteiger partial charge is 0.00382 e. The molecule has 1 aliphatic heterocycles. The molecule has 0 aromatic carbocycles. The van der Waals surface area contributed by atoms with Crippen LogP contribution in [0.4, 0.5) is 0 Å². The maximum Gasteiger partial charge on any atom is 0.00382 e. The Morgan fingerprint density at radius 2 is 2.00 bits per heavy atom. The molecular weight excluding hydrogens is 196 g/mol. The Labute approximate surface area is 102 Å². The second-order valence-corrected chi connectivity index (χ2v) is 5.57. The summed E-state index contributed by atoms with van der Waals surface area (Å²) < 4.78 is 0. The number of hydrogen-bond donors (Lipinski definition) is 1. The van der Waals surface area contributed by atoms with E-state index in [1.54, 1.807) is 0 Å². The van der Waals surface area contributed by atoms with Gasteiger partial charge in [0.25, 0.3) is 0 Å². The van der Waals surface area contributed by atoms with E-state index in [0.717, 1.165) is 0 Å². The molecule has 0 saturated carbocycles. The number of nitrogens with zero attached hydrogens (tertiary/aromatic N) is 1. The minimum absolute atomic E-state index is 0.647. The van der Waals surface area contributed by atoms with Crippen molar-refractivity contribution in [1.29, 1.82) is 0 Å². The molecule has 1 atom stereocenters. The normalized spacial score (nSPS) is 22.5. The van der Waals surface area contributed by atoms with Crippen molar-refractivity contribution < 1.29 is 0 Å². The molecule has 96 valence electrons. The summed E-state index contributed by atoms with van der Waals surface area (Å²) in [4.78, 5) is 2.68. The molecule has 1 N–H and O–H groups in total. The molecule has 1 fully saturated rings. The van der Waals surface area contributed by atoms with E-state index >= 15 is 0 Å². The standard InChI is InChI=1S/C14H30N2/c1-5-14(6-2)9-11-16(12-14)10-7-8-13(3)15-4/h13,15H,5-12H2,1-4H3. The highest BCUT2D eigenvalue weighted by Gasteiger charge is 2.34. The van der Waals surface area contributed by atoms with Gasteiger partial charge in [0, 0.05) is 12.6 Å². The van der Waals surface area contributed by atoms with Gasteiger partial charge in [0.05, 0.1) is 0 Å². The Morgan fingerprint density at radius 1 is 1.31 bits per heavy atom. The maximum atomic E-state index is 3.31. The van der Waals surface area contributed by atoms with Crippen molar-refractivity contribution in [2.24, 2.45) is 5.41 Å². The zero-order chi connectivity index (χ0) is 12.0. The largest absolute Gasteiger partial charge is 0.317 e. The van der Waals surface area contributed by atoms with Gasteiger partial charge < -0.3 is 10.2 Å². The average Bonchev–Trinajstić information content (AvgIpc) is 2.73. The number of rotatable bonds is 7. The lowest BCUT2D eigenvalue weighted by atomic mass is 9.82. The van der Waals surface area contributed by atoms with Crippen molar-refractivity contribution in [2.75, 3.05) is 26.7 Å². The third-order valence-corrected chi connectivity index (χ3v) is 4.62. The second kappa shape index (κ2) is 6.61. The molecule has 2 nitrogen and oxygen atoms in total. The highest BCUT2D eigenvalue weighted by atomic mass is 15.2. The van der Waals surface area contributed by atoms with E-state index in [9.17, 15) is 0 Å². The summed E-state index contributed by atoms with van der Waals surface area (Å²) in [6.45, 7) is 11.0. The molecule has 1 aliphatic rings. The predicted molar refractivity (Wildman–Crippen MR) is 71.8 cm³/mol. The lowest BCUT2D eigenvalue weighted by molar-refractivity contribution is 0.236. The Bertz CT molecular complexity index is 187. The molecule has 0 bridgehead atoms. The summed E-state index contributed by atoms with van der Waals surface area (Å²) in [7, 11) is 2.06. The van der Waals surface area contributed by atoms with Gasteiger partial charge in [0.15, 0.2) is 0 Å². The molecule has 0 spiro atoms. The van der Waals surface area contributed by atoms with Crippen LogP contribution in [0.25, 0.3) is 0 Å². The van der Waals surface area contributed by atoms with Crippen molar-refractivity contribution in [3.8, 4) is 0 Å². The molecule has 1 heterocycles. The van der Waals surface area contributed by atoms with E-state index in [0.29, 0.717) is 11.5 Å². The lowest BCUT2D eigenvalue weighted by Crippen LogP contribution is -2.28. The van der Waals surface area contributed by atoms with Crippen LogP contribution in [0.5, 0.6) is 0 Å². The first-order chi connectivity index (χ1) is 7.65. The topological polar surface area (TPSA) is 15.3 Å². The van der Waals surface area contributed by atoms with Crippen molar-refractivity contribution in [3.63, 3.8) is 0 Å². The highest BCUT2D eigenvalue weighted by molar-refractivity contribution is 4.87. The molecule has 1 unspecified atom stereocenters. The second-order valence-electron chi connectivity index (χ2n) is 5.57. The lowest BCUT2D eigenvalue weighted by Gasteiger charge is -2.26. The Balaban J connectivity index is 2.21. The van der Waals surface area contributed by atoms with Gasteiger partial charge in [-0.15, -0.1) is 0 Å². The van der Waals surface area contributed by atoms with Crippen LogP contribution in [0.3, 0.4) is 0 Å². The minimum atomic E-state index is 0.647. The van der Waals surface area contributed by atoms with E-state index < -0.39 is 0 Å². The van der Waals surface area contributed by atoms with Gasteiger partial charge in [-0.2, -0.15) is 0 Å². The zero-order valence-corrected chi connectivity index (χ0v) is 11.7. The maximum absolute atomic E-state index is 3.31. The van der Waals surface area contributed by atoms with Gasteiger partial charge in [0.1, 0.15) is 0 Å². The molecule has 1 rings (SSSR count). The van der Waals surface area contributed by atoms with Crippen LogP contribution in [0.1, 0.15) is 52.9 Å². The molecule has 1 saturated heterocycles. The van der Waals surface area contributed by atoms with Crippen LogP contribution in [0, 0.1) is 5.41 Å². The Hall–Kier alpha value is -0.0800. The summed E-state index contributed by atoms with van der Waals surface area (Å²) in [6.07, 6.45) is 6.77. The zero-order valence-electron chi connectivity index (χ0n) is 11.7. The molecule has 0 radical (unpaired) electrons. The highest BCUT2D eigenvalue weighted by Crippen LogP contribution is 2.36. The van der Waals surface area contributed by atoms with Crippen LogP contribution in [-0.4, -0.2) is 37.6 Å². The predicted octanol–water partition coefficient (Wildman–Crippen LogP) is 2.89. The van der Waals surface area contributed by atoms with Gasteiger partial charge >= 0.3 is 0 Å². The van der Waals surface area contributed by atoms with Crippen LogP contribution in [0.15, 0.2) is 0 Å². The fourth-order valence-electron chi connectivity index (χ4n) is 2.81. The first kappa shape index (κ1) is 14.0. The van der Waals surface area contributed by atoms with Crippen LogP contribution >= 0.6 is 0 Å². The molecule has 16 heavy (non-hydrogen) atoms. The summed E-state index contributed by atoms with van der Waals surface area (Å²) in [5, 5.41) is 3.31. The van der Waals surface area contributed by atoms with E-state index in [2.05, 4.69) is 38.0 Å². The Kier molecular flexibility index (Phi) is 5.77. The van der Waals surface area contributed by atoms with Gasteiger partial charge in [-0.05, 0) is 64.6 Å². The third kappa shape index (κ3) is 3.74. The monoisotopic (exact) mass is 226 g/mol. The van der Waals surface area contributed by atoms with E-state index in [1.807, 2.05) is 0 Å². The quantitative estimate of drug-likeness (QED) is 0.718. The fourth-order valence-corrected chi connectivity index (χ4v) is 2.81. The van der Waals surface area contributed by atoms with Crippen LogP contribution in [0.2, 0.25) is 0 Å². The number of nitrogens with one attached hydrogen (secondary N) is 1. The molecule has 2 heteroatoms. The average molecular weight is 226 g/mol. The summed E-state index contributed by atoms with van der Waals surface area (Å²) in [5.74, 6) is 0. The van der Waals surface area contributed by atoms with Crippen LogP contribution < -0.4 is 5.32 Å². The Morgan fingerprint density at radius 3 is 2.50 bits per heavy atom. The van der Waals surface area contributed by atoms with Crippen molar-refractivity contribution in [2.45, 2.75) is 58.9 Å². The van der Waals surface area contributed by atoms with E-state index in [1.165, 1.54) is 51.7 Å². The molecule has 0 aromatic heterocycles. The first-order valence-electron chi connectivity index (χ1n) is 7.05. The molecular formula is C14H30N2. The van der Waals surface area contributed by atoms with Crippen molar-refractivity contribution >= 4 is 0 Å². The van der Waals surface area contributed by atoms with Crippen LogP contribution in [-0.2, 0) is 0 Å². The molecule has 0 aliphatic carbocycles. The summed E-state index contributed by atoms with van der Waals surface area (Å²) in [6, 6.07) is 0.671. The minimum Gasteiger partial charge on any atom is -0.317 e. The van der Waals surface area contributed by atoms with Gasteiger partial charge in [-0.1, -0.05) is 13.8 Å². The molecule has 0 amide bonds. The first-order valence-corrected chi connectivity index (χ1v) is 7.05. The van der Waals surface area contributed by atoms with Crippen molar-refractivity contribution in [3.05, 3.63) is 0 Å². The number of likely N-dealkylation sites (tertiary alicyclic amines) is 1. The third-order valence-electron chi connectivity index (χ3n) is 4.62. The van der Waals surface area contributed by atoms with Gasteiger partial charge in [-0.3, -0.25) is 0 Å². The number of hydrogen-bond acceptors (Lipinski definition) is 2. The summed E-state index contributed by atoms with van der Waals surface area (Å²) >= 11 is 0. The van der Waals surface area contributed by atoms with Gasteiger partial charge in [-0.25, -0.2) is 0 Å².